The molecular formula is C31H31AsN5O. The molecule has 0 bridgehead atoms. The molecule has 0 saturated heterocycles. The van der Waals surface area contributed by atoms with Gasteiger partial charge in [-0.2, -0.15) is 0 Å². The van der Waals surface area contributed by atoms with E-state index < -0.39 is 0 Å². The maximum atomic E-state index is 13.3. The predicted octanol–water partition coefficient (Wildman–Crippen LogP) is 6.20. The average Bonchev–Trinajstić information content (AvgIpc) is 3.33. The molecule has 6 nitrogen and oxygen atoms in total. The van der Waals surface area contributed by atoms with Crippen LogP contribution in [0.2, 0.25) is 0 Å². The molecule has 0 spiro atoms. The summed E-state index contributed by atoms with van der Waals surface area (Å²) in [7, 11) is 0. The number of aryl methyl sites for hydroxylation is 1. The van der Waals surface area contributed by atoms with Crippen LogP contribution in [-0.4, -0.2) is 36.5 Å². The van der Waals surface area contributed by atoms with E-state index in [2.05, 4.69) is 79.7 Å². The summed E-state index contributed by atoms with van der Waals surface area (Å²) >= 11 is -0.0691. The molecule has 0 aliphatic rings. The van der Waals surface area contributed by atoms with Crippen molar-refractivity contribution in [2.24, 2.45) is 0 Å². The third-order valence-corrected chi connectivity index (χ3v) is 8.96. The number of pyridine rings is 1. The summed E-state index contributed by atoms with van der Waals surface area (Å²) in [6.45, 7) is 8.40. The molecule has 7 heteroatoms. The van der Waals surface area contributed by atoms with Crippen LogP contribution in [0.3, 0.4) is 0 Å². The van der Waals surface area contributed by atoms with E-state index in [4.69, 9.17) is 5.10 Å². The molecule has 2 heterocycles. The fourth-order valence-corrected chi connectivity index (χ4v) is 6.51. The summed E-state index contributed by atoms with van der Waals surface area (Å²) in [5, 5.41) is 14.2. The standard InChI is InChI=1S/C31H31AsN5O/c1-21-9-11-23(12-10-21)37-29(19-28(36-37)31(2,3)4)35-30(38)34-27-14-13-26(24-7-5-6-8-25(24)27)32-20-22-15-17-33-18-16-22/h5-19H,20H2,1-4H3,(H2,34,35,38). The minimum atomic E-state index is -0.304. The van der Waals surface area contributed by atoms with Gasteiger partial charge in [-0.25, -0.2) is 0 Å². The Morgan fingerprint density at radius 2 is 1.61 bits per heavy atom. The number of amides is 2. The number of aromatic nitrogens is 3. The number of hydrogen-bond donors (Lipinski definition) is 2. The molecule has 191 valence electrons. The Morgan fingerprint density at radius 3 is 2.32 bits per heavy atom. The monoisotopic (exact) mass is 564 g/mol. The number of urea groups is 1. The molecule has 0 atom stereocenters. The number of nitrogens with zero attached hydrogens (tertiary/aromatic N) is 3. The first-order valence-corrected chi connectivity index (χ1v) is 14.9. The zero-order chi connectivity index (χ0) is 26.7. The Bertz CT molecular complexity index is 1570. The zero-order valence-electron chi connectivity index (χ0n) is 22.1. The van der Waals surface area contributed by atoms with E-state index in [-0.39, 0.29) is 27.2 Å². The van der Waals surface area contributed by atoms with Gasteiger partial charge in [0.2, 0.25) is 0 Å². The molecular weight excluding hydrogens is 533 g/mol. The molecule has 0 aliphatic heterocycles. The number of fused-ring (bicyclic) bond motifs is 1. The van der Waals surface area contributed by atoms with E-state index in [0.717, 1.165) is 27.7 Å². The van der Waals surface area contributed by atoms with E-state index >= 15 is 0 Å². The summed E-state index contributed by atoms with van der Waals surface area (Å²) in [5.74, 6) is 0.625. The van der Waals surface area contributed by atoms with Gasteiger partial charge in [0, 0.05) is 0 Å². The normalized spacial score (nSPS) is 11.8. The third-order valence-electron chi connectivity index (χ3n) is 6.33. The number of nitrogens with one attached hydrogen (secondary N) is 2. The van der Waals surface area contributed by atoms with Crippen molar-refractivity contribution in [3.63, 3.8) is 0 Å². The van der Waals surface area contributed by atoms with Crippen LogP contribution in [0.15, 0.2) is 91.3 Å². The van der Waals surface area contributed by atoms with E-state index in [1.165, 1.54) is 20.9 Å². The summed E-state index contributed by atoms with van der Waals surface area (Å²) in [6.07, 6.45) is 3.69. The summed E-state index contributed by atoms with van der Waals surface area (Å²) in [6, 6.07) is 26.3. The molecule has 0 aliphatic carbocycles. The Labute approximate surface area is 230 Å². The van der Waals surface area contributed by atoms with Gasteiger partial charge < -0.3 is 0 Å². The molecule has 2 aromatic heterocycles. The fraction of sp³-hybridized carbons (Fsp3) is 0.194. The maximum absolute atomic E-state index is 13.3. The van der Waals surface area contributed by atoms with Gasteiger partial charge in [0.05, 0.1) is 0 Å². The van der Waals surface area contributed by atoms with Gasteiger partial charge in [-0.05, 0) is 6.92 Å². The SMILES string of the molecule is Cc1ccc(-n2nc(C(C)(C)C)cc2NC(=O)Nc2ccc([As]Cc3ccncc3)c3ccccc23)cc1. The van der Waals surface area contributed by atoms with Gasteiger partial charge in [0.1, 0.15) is 0 Å². The second-order valence-electron chi connectivity index (χ2n) is 10.3. The van der Waals surface area contributed by atoms with Crippen LogP contribution in [0.25, 0.3) is 16.5 Å². The molecule has 5 aromatic rings. The topological polar surface area (TPSA) is 71.8 Å². The van der Waals surface area contributed by atoms with Gasteiger partial charge >= 0.3 is 218 Å². The summed E-state index contributed by atoms with van der Waals surface area (Å²) in [4.78, 5) is 17.4. The number of carbonyl (C=O) groups is 1. The minimum absolute atomic E-state index is 0.0691. The van der Waals surface area contributed by atoms with Crippen molar-refractivity contribution >= 4 is 48.4 Å². The Kier molecular flexibility index (Phi) is 7.35. The van der Waals surface area contributed by atoms with Crippen molar-refractivity contribution in [1.29, 1.82) is 0 Å². The van der Waals surface area contributed by atoms with Crippen molar-refractivity contribution in [1.82, 2.24) is 14.8 Å². The second-order valence-corrected chi connectivity index (χ2v) is 12.7. The van der Waals surface area contributed by atoms with Crippen LogP contribution in [0, 0.1) is 6.92 Å². The van der Waals surface area contributed by atoms with Crippen LogP contribution < -0.4 is 15.0 Å². The first kappa shape index (κ1) is 25.7. The Balaban J connectivity index is 1.39. The summed E-state index contributed by atoms with van der Waals surface area (Å²) < 4.78 is 3.14. The van der Waals surface area contributed by atoms with Gasteiger partial charge in [-0.1, -0.05) is 5.56 Å². The summed E-state index contributed by atoms with van der Waals surface area (Å²) in [5.41, 5.74) is 4.89. The van der Waals surface area contributed by atoms with Crippen LogP contribution in [0.1, 0.15) is 37.6 Å². The van der Waals surface area contributed by atoms with E-state index in [0.29, 0.717) is 5.82 Å². The van der Waals surface area contributed by atoms with Crippen LogP contribution in [-0.2, 0) is 10.6 Å². The second kappa shape index (κ2) is 10.8. The van der Waals surface area contributed by atoms with E-state index in [1.54, 1.807) is 4.68 Å². The average molecular weight is 565 g/mol. The van der Waals surface area contributed by atoms with Crippen molar-refractivity contribution in [2.45, 2.75) is 38.3 Å². The first-order chi connectivity index (χ1) is 18.3. The molecule has 38 heavy (non-hydrogen) atoms. The number of benzene rings is 3. The molecule has 0 fully saturated rings. The van der Waals surface area contributed by atoms with Crippen LogP contribution in [0.5, 0.6) is 0 Å². The molecule has 2 N–H and O–H groups in total. The van der Waals surface area contributed by atoms with Crippen LogP contribution in [0.4, 0.5) is 16.3 Å². The van der Waals surface area contributed by atoms with Gasteiger partial charge in [-0.3, -0.25) is 0 Å². The first-order valence-electron chi connectivity index (χ1n) is 12.6. The molecule has 0 saturated carbocycles. The Hall–Kier alpha value is -3.89. The van der Waals surface area contributed by atoms with E-state index in [9.17, 15) is 4.79 Å². The van der Waals surface area contributed by atoms with Crippen molar-refractivity contribution in [3.05, 3.63) is 108 Å². The molecule has 3 aromatic carbocycles. The third kappa shape index (κ3) is 5.81. The fourth-order valence-electron chi connectivity index (χ4n) is 4.18. The molecule has 1 radical (unpaired) electrons. The quantitative estimate of drug-likeness (QED) is 0.241. The number of hydrogen-bond acceptors (Lipinski definition) is 3. The molecule has 2 amide bonds. The van der Waals surface area contributed by atoms with Crippen molar-refractivity contribution < 1.29 is 4.79 Å². The molecule has 0 unspecified atom stereocenters. The Morgan fingerprint density at radius 1 is 0.895 bits per heavy atom. The predicted molar refractivity (Wildman–Crippen MR) is 157 cm³/mol. The van der Waals surface area contributed by atoms with E-state index in [1.807, 2.05) is 54.9 Å². The van der Waals surface area contributed by atoms with Crippen LogP contribution >= 0.6 is 0 Å². The van der Waals surface area contributed by atoms with Gasteiger partial charge in [0.25, 0.3) is 0 Å². The zero-order valence-corrected chi connectivity index (χ0v) is 23.9. The number of anilines is 2. The number of carbonyl (C=O) groups excluding carboxylic acids is 1. The van der Waals surface area contributed by atoms with Crippen molar-refractivity contribution in [2.75, 3.05) is 10.6 Å². The van der Waals surface area contributed by atoms with Crippen molar-refractivity contribution in [3.8, 4) is 5.69 Å². The number of rotatable bonds is 6. The van der Waals surface area contributed by atoms with Gasteiger partial charge in [0.15, 0.2) is 0 Å². The molecule has 5 rings (SSSR count). The van der Waals surface area contributed by atoms with Gasteiger partial charge in [-0.15, -0.1) is 0 Å².